The van der Waals surface area contributed by atoms with Crippen LogP contribution in [0.5, 0.6) is 0 Å². The Bertz CT molecular complexity index is 585. The molecule has 1 N–H and O–H groups in total. The average Bonchev–Trinajstić information content (AvgIpc) is 2.46. The lowest BCUT2D eigenvalue weighted by atomic mass is 9.87. The van der Waals surface area contributed by atoms with E-state index in [-0.39, 0.29) is 5.41 Å². The number of hydrogen-bond acceptors (Lipinski definition) is 3. The minimum atomic E-state index is 0.198. The molecule has 0 amide bonds. The molecule has 1 heterocycles. The van der Waals surface area contributed by atoms with Crippen molar-refractivity contribution in [3.05, 3.63) is 53.7 Å². The maximum Gasteiger partial charge on any atom is 0.101 e. The van der Waals surface area contributed by atoms with Crippen molar-refractivity contribution < 1.29 is 0 Å². The Labute approximate surface area is 132 Å². The molecule has 0 radical (unpaired) electrons. The molecule has 0 aliphatic rings. The molecule has 21 heavy (non-hydrogen) atoms. The minimum Gasteiger partial charge on any atom is -0.313 e. The van der Waals surface area contributed by atoms with Crippen molar-refractivity contribution in [2.24, 2.45) is 0 Å². The van der Waals surface area contributed by atoms with Crippen LogP contribution < -0.4 is 5.32 Å². The number of nitrogens with one attached hydrogen (secondary N) is 1. The third-order valence-electron chi connectivity index (χ3n) is 3.63. The van der Waals surface area contributed by atoms with E-state index < -0.39 is 0 Å². The van der Waals surface area contributed by atoms with Crippen molar-refractivity contribution in [3.63, 3.8) is 0 Å². The van der Waals surface area contributed by atoms with E-state index in [1.807, 2.05) is 13.2 Å². The van der Waals surface area contributed by atoms with E-state index in [4.69, 9.17) is 0 Å². The molecule has 0 saturated carbocycles. The molecule has 2 aromatic rings. The van der Waals surface area contributed by atoms with Crippen molar-refractivity contribution in [3.8, 4) is 0 Å². The first kappa shape index (κ1) is 16.1. The minimum absolute atomic E-state index is 0.198. The second-order valence-electron chi connectivity index (χ2n) is 6.31. The zero-order chi connectivity index (χ0) is 15.5. The molecule has 1 aromatic heterocycles. The topological polar surface area (TPSA) is 24.9 Å². The summed E-state index contributed by atoms with van der Waals surface area (Å²) in [6, 6.07) is 13.3. The van der Waals surface area contributed by atoms with Crippen LogP contribution in [0.15, 0.2) is 52.5 Å². The van der Waals surface area contributed by atoms with Crippen molar-refractivity contribution in [2.45, 2.75) is 49.1 Å². The zero-order valence-corrected chi connectivity index (χ0v) is 14.3. The molecule has 0 aliphatic carbocycles. The van der Waals surface area contributed by atoms with Crippen molar-refractivity contribution >= 4 is 11.8 Å². The molecule has 3 heteroatoms. The van der Waals surface area contributed by atoms with Crippen LogP contribution in [-0.2, 0) is 5.41 Å². The average molecular weight is 300 g/mol. The van der Waals surface area contributed by atoms with E-state index in [1.54, 1.807) is 11.8 Å². The van der Waals surface area contributed by atoms with Gasteiger partial charge in [0.2, 0.25) is 0 Å². The normalized spacial score (nSPS) is 13.2. The van der Waals surface area contributed by atoms with Gasteiger partial charge < -0.3 is 5.32 Å². The number of nitrogens with zero attached hydrogens (tertiary/aromatic N) is 1. The molecule has 0 aliphatic heterocycles. The van der Waals surface area contributed by atoms with Gasteiger partial charge in [0, 0.05) is 17.1 Å². The molecule has 2 nitrogen and oxygen atoms in total. The second-order valence-corrected chi connectivity index (χ2v) is 7.41. The summed E-state index contributed by atoms with van der Waals surface area (Å²) >= 11 is 1.71. The van der Waals surface area contributed by atoms with Gasteiger partial charge >= 0.3 is 0 Å². The number of aromatic nitrogens is 1. The van der Waals surface area contributed by atoms with Crippen LogP contribution in [0.1, 0.15) is 44.9 Å². The fraction of sp³-hybridized carbons (Fsp3) is 0.389. The Morgan fingerprint density at radius 1 is 1.10 bits per heavy atom. The zero-order valence-electron chi connectivity index (χ0n) is 13.5. The van der Waals surface area contributed by atoms with Crippen molar-refractivity contribution in [2.75, 3.05) is 7.05 Å². The van der Waals surface area contributed by atoms with E-state index >= 15 is 0 Å². The first-order valence-electron chi connectivity index (χ1n) is 7.32. The van der Waals surface area contributed by atoms with Gasteiger partial charge in [-0.2, -0.15) is 0 Å². The highest BCUT2D eigenvalue weighted by Gasteiger charge is 2.13. The van der Waals surface area contributed by atoms with Crippen LogP contribution in [0.3, 0.4) is 0 Å². The quantitative estimate of drug-likeness (QED) is 0.877. The fourth-order valence-electron chi connectivity index (χ4n) is 2.06. The lowest BCUT2D eigenvalue weighted by Gasteiger charge is -2.19. The first-order valence-corrected chi connectivity index (χ1v) is 8.13. The molecular formula is C18H24N2S. The van der Waals surface area contributed by atoms with Crippen LogP contribution in [0.2, 0.25) is 0 Å². The Morgan fingerprint density at radius 2 is 1.76 bits per heavy atom. The van der Waals surface area contributed by atoms with E-state index in [1.165, 1.54) is 16.0 Å². The van der Waals surface area contributed by atoms with E-state index in [2.05, 4.69) is 74.4 Å². The Morgan fingerprint density at radius 3 is 2.33 bits per heavy atom. The Kier molecular flexibility index (Phi) is 5.07. The molecule has 1 unspecified atom stereocenters. The Hall–Kier alpha value is -1.32. The molecule has 112 valence electrons. The standard InChI is InChI=1S/C18H24N2S/c1-13(19-5)14-10-11-20-17(12-14)21-16-8-6-15(7-9-16)18(2,3)4/h6-13,19H,1-5H3. The largest absolute Gasteiger partial charge is 0.313 e. The van der Waals surface area contributed by atoms with E-state index in [0.717, 1.165) is 5.03 Å². The summed E-state index contributed by atoms with van der Waals surface area (Å²) in [5, 5.41) is 4.30. The Balaban J connectivity index is 2.15. The molecule has 1 aromatic carbocycles. The monoisotopic (exact) mass is 300 g/mol. The van der Waals surface area contributed by atoms with Gasteiger partial charge in [0.05, 0.1) is 0 Å². The molecular weight excluding hydrogens is 276 g/mol. The maximum atomic E-state index is 4.46. The third kappa shape index (κ3) is 4.32. The van der Waals surface area contributed by atoms with Crippen LogP contribution in [0.4, 0.5) is 0 Å². The summed E-state index contributed by atoms with van der Waals surface area (Å²) in [6.45, 7) is 8.86. The van der Waals surface area contributed by atoms with Crippen molar-refractivity contribution in [1.29, 1.82) is 0 Å². The van der Waals surface area contributed by atoms with Gasteiger partial charge in [-0.05, 0) is 54.8 Å². The van der Waals surface area contributed by atoms with Crippen LogP contribution in [0.25, 0.3) is 0 Å². The highest BCUT2D eigenvalue weighted by molar-refractivity contribution is 7.99. The highest BCUT2D eigenvalue weighted by Crippen LogP contribution is 2.30. The maximum absolute atomic E-state index is 4.46. The molecule has 0 spiro atoms. The number of pyridine rings is 1. The third-order valence-corrected chi connectivity index (χ3v) is 4.57. The summed E-state index contributed by atoms with van der Waals surface area (Å²) in [5.41, 5.74) is 2.82. The van der Waals surface area contributed by atoms with Gasteiger partial charge in [0.1, 0.15) is 5.03 Å². The van der Waals surface area contributed by atoms with E-state index in [0.29, 0.717) is 6.04 Å². The summed E-state index contributed by atoms with van der Waals surface area (Å²) in [7, 11) is 1.98. The van der Waals surface area contributed by atoms with Gasteiger partial charge in [-0.3, -0.25) is 0 Å². The molecule has 1 atom stereocenters. The predicted octanol–water partition coefficient (Wildman–Crippen LogP) is 4.81. The number of rotatable bonds is 4. The van der Waals surface area contributed by atoms with Crippen LogP contribution >= 0.6 is 11.8 Å². The van der Waals surface area contributed by atoms with E-state index in [9.17, 15) is 0 Å². The van der Waals surface area contributed by atoms with Gasteiger partial charge in [-0.15, -0.1) is 0 Å². The summed E-state index contributed by atoms with van der Waals surface area (Å²) < 4.78 is 0. The summed E-state index contributed by atoms with van der Waals surface area (Å²) in [5.74, 6) is 0. The summed E-state index contributed by atoms with van der Waals surface area (Å²) in [6.07, 6.45) is 1.88. The van der Waals surface area contributed by atoms with Crippen LogP contribution in [-0.4, -0.2) is 12.0 Å². The van der Waals surface area contributed by atoms with Crippen LogP contribution in [0, 0.1) is 0 Å². The smallest absolute Gasteiger partial charge is 0.101 e. The lowest BCUT2D eigenvalue weighted by molar-refractivity contribution is 0.590. The van der Waals surface area contributed by atoms with Gasteiger partial charge in [-0.25, -0.2) is 4.98 Å². The van der Waals surface area contributed by atoms with Gasteiger partial charge in [0.15, 0.2) is 0 Å². The van der Waals surface area contributed by atoms with Gasteiger partial charge in [0.25, 0.3) is 0 Å². The molecule has 0 saturated heterocycles. The van der Waals surface area contributed by atoms with Gasteiger partial charge in [-0.1, -0.05) is 44.7 Å². The highest BCUT2D eigenvalue weighted by atomic mass is 32.2. The lowest BCUT2D eigenvalue weighted by Crippen LogP contribution is -2.12. The summed E-state index contributed by atoms with van der Waals surface area (Å²) in [4.78, 5) is 5.68. The predicted molar refractivity (Wildman–Crippen MR) is 91.0 cm³/mol. The van der Waals surface area contributed by atoms with Crippen molar-refractivity contribution in [1.82, 2.24) is 10.3 Å². The first-order chi connectivity index (χ1) is 9.90. The number of benzene rings is 1. The fourth-order valence-corrected chi connectivity index (χ4v) is 2.88. The molecule has 2 rings (SSSR count). The molecule has 0 bridgehead atoms. The second kappa shape index (κ2) is 6.63. The SMILES string of the molecule is CNC(C)c1ccnc(Sc2ccc(C(C)(C)C)cc2)c1. The number of hydrogen-bond donors (Lipinski definition) is 1. The molecule has 0 fully saturated rings.